The first-order valence-corrected chi connectivity index (χ1v) is 6.57. The van der Waals surface area contributed by atoms with Gasteiger partial charge in [-0.1, -0.05) is 5.11 Å². The van der Waals surface area contributed by atoms with Gasteiger partial charge in [-0.15, -0.1) is 11.8 Å². The van der Waals surface area contributed by atoms with Gasteiger partial charge in [-0.2, -0.15) is 0 Å². The molecule has 4 atom stereocenters. The van der Waals surface area contributed by atoms with Crippen molar-refractivity contribution in [1.29, 1.82) is 0 Å². The second kappa shape index (κ2) is 7.22. The maximum Gasteiger partial charge on any atom is 0.303 e. The summed E-state index contributed by atoms with van der Waals surface area (Å²) in [6.45, 7) is 2.51. The van der Waals surface area contributed by atoms with Crippen LogP contribution in [0, 0.1) is 0 Å². The lowest BCUT2D eigenvalue weighted by Crippen LogP contribution is -2.51. The molecule has 0 radical (unpaired) electrons. The van der Waals surface area contributed by atoms with Crippen molar-refractivity contribution in [2.24, 2.45) is 5.11 Å². The highest BCUT2D eigenvalue weighted by Crippen LogP contribution is 2.32. The van der Waals surface area contributed by atoms with Crippen molar-refractivity contribution in [2.45, 2.75) is 37.5 Å². The number of ether oxygens (including phenoxy) is 3. The largest absolute Gasteiger partial charge is 0.461 e. The molecule has 0 aliphatic carbocycles. The molecule has 0 aromatic heterocycles. The Labute approximate surface area is 114 Å². The van der Waals surface area contributed by atoms with Gasteiger partial charge in [0.15, 0.2) is 0 Å². The Morgan fingerprint density at radius 2 is 1.95 bits per heavy atom. The van der Waals surface area contributed by atoms with Crippen LogP contribution in [0.15, 0.2) is 5.11 Å². The summed E-state index contributed by atoms with van der Waals surface area (Å²) in [6, 6.07) is -0.802. The summed E-state index contributed by atoms with van der Waals surface area (Å²) in [5.74, 6) is -0.602. The van der Waals surface area contributed by atoms with Crippen LogP contribution in [0.1, 0.15) is 13.8 Å². The SMILES string of the molecule is COC1SC[C@@H](OC(C)=O)[C@H](N=[N+]=[N-])[C@H]1OC(C)=O. The predicted octanol–water partition coefficient (Wildman–Crippen LogP) is 1.25. The minimum absolute atomic E-state index is 0.402. The van der Waals surface area contributed by atoms with Gasteiger partial charge in [0.05, 0.1) is 0 Å². The zero-order valence-electron chi connectivity index (χ0n) is 10.8. The van der Waals surface area contributed by atoms with E-state index in [1.165, 1.54) is 32.7 Å². The Hall–Kier alpha value is -1.44. The van der Waals surface area contributed by atoms with E-state index in [9.17, 15) is 9.59 Å². The number of rotatable bonds is 4. The lowest BCUT2D eigenvalue weighted by Gasteiger charge is -2.38. The normalized spacial score (nSPS) is 30.1. The fraction of sp³-hybridized carbons (Fsp3) is 0.800. The monoisotopic (exact) mass is 289 g/mol. The number of thioether (sulfide) groups is 1. The van der Waals surface area contributed by atoms with E-state index in [4.69, 9.17) is 19.7 Å². The smallest absolute Gasteiger partial charge is 0.303 e. The molecular formula is C10H15N3O5S. The molecule has 1 aliphatic rings. The minimum atomic E-state index is -0.802. The summed E-state index contributed by atoms with van der Waals surface area (Å²) in [6.07, 6.45) is -1.43. The average Bonchev–Trinajstić information content (AvgIpc) is 2.32. The molecule has 0 amide bonds. The third-order valence-corrected chi connectivity index (χ3v) is 3.76. The number of nitrogens with zero attached hydrogens (tertiary/aromatic N) is 3. The van der Waals surface area contributed by atoms with Crippen LogP contribution in [0.4, 0.5) is 0 Å². The van der Waals surface area contributed by atoms with E-state index in [1.807, 2.05) is 0 Å². The molecule has 1 rings (SSSR count). The Bertz CT molecular complexity index is 399. The van der Waals surface area contributed by atoms with E-state index >= 15 is 0 Å². The van der Waals surface area contributed by atoms with Gasteiger partial charge < -0.3 is 14.2 Å². The lowest BCUT2D eigenvalue weighted by molar-refractivity contribution is -0.158. The molecule has 19 heavy (non-hydrogen) atoms. The van der Waals surface area contributed by atoms with Crippen molar-refractivity contribution in [3.63, 3.8) is 0 Å². The summed E-state index contributed by atoms with van der Waals surface area (Å²) in [7, 11) is 1.47. The fourth-order valence-electron chi connectivity index (χ4n) is 1.79. The first kappa shape index (κ1) is 15.6. The highest BCUT2D eigenvalue weighted by atomic mass is 32.2. The molecule has 1 heterocycles. The van der Waals surface area contributed by atoms with Crippen LogP contribution in [0.25, 0.3) is 10.4 Å². The molecule has 9 heteroatoms. The molecular weight excluding hydrogens is 274 g/mol. The first-order chi connectivity index (χ1) is 8.99. The van der Waals surface area contributed by atoms with Gasteiger partial charge in [0.1, 0.15) is 23.7 Å². The van der Waals surface area contributed by atoms with Gasteiger partial charge in [-0.05, 0) is 5.53 Å². The zero-order chi connectivity index (χ0) is 14.4. The molecule has 0 saturated carbocycles. The van der Waals surface area contributed by atoms with Crippen molar-refractivity contribution in [2.75, 3.05) is 12.9 Å². The van der Waals surface area contributed by atoms with E-state index in [1.54, 1.807) is 0 Å². The predicted molar refractivity (Wildman–Crippen MR) is 67.3 cm³/mol. The van der Waals surface area contributed by atoms with Crippen LogP contribution < -0.4 is 0 Å². The number of carbonyl (C=O) groups is 2. The number of hydrogen-bond donors (Lipinski definition) is 0. The Morgan fingerprint density at radius 1 is 1.32 bits per heavy atom. The second-order valence-electron chi connectivity index (χ2n) is 3.85. The van der Waals surface area contributed by atoms with Gasteiger partial charge >= 0.3 is 11.9 Å². The van der Waals surface area contributed by atoms with E-state index in [0.717, 1.165) is 0 Å². The Morgan fingerprint density at radius 3 is 2.42 bits per heavy atom. The van der Waals surface area contributed by atoms with Crippen LogP contribution in [0.5, 0.6) is 0 Å². The van der Waals surface area contributed by atoms with Gasteiger partial charge in [0.2, 0.25) is 0 Å². The molecule has 1 unspecified atom stereocenters. The lowest BCUT2D eigenvalue weighted by atomic mass is 10.1. The molecule has 0 aromatic carbocycles. The number of hydrogen-bond acceptors (Lipinski definition) is 7. The third kappa shape index (κ3) is 4.30. The van der Waals surface area contributed by atoms with Crippen molar-refractivity contribution >= 4 is 23.7 Å². The van der Waals surface area contributed by atoms with Crippen LogP contribution in [-0.2, 0) is 23.8 Å². The standard InChI is InChI=1S/C10H15N3O5S/c1-5(14)17-7-4-19-10(16-3)9(18-6(2)15)8(7)12-13-11/h7-10H,4H2,1-3H3/t7-,8+,9-,10?/m1/s1. The molecule has 1 fully saturated rings. The summed E-state index contributed by atoms with van der Waals surface area (Å²) in [4.78, 5) is 24.9. The third-order valence-electron chi connectivity index (χ3n) is 2.45. The average molecular weight is 289 g/mol. The minimum Gasteiger partial charge on any atom is -0.461 e. The number of azide groups is 1. The Kier molecular flexibility index (Phi) is 5.94. The maximum absolute atomic E-state index is 11.1. The van der Waals surface area contributed by atoms with Gasteiger partial charge in [-0.25, -0.2) is 0 Å². The van der Waals surface area contributed by atoms with E-state index in [2.05, 4.69) is 10.0 Å². The van der Waals surface area contributed by atoms with Crippen LogP contribution in [-0.4, -0.2) is 48.5 Å². The maximum atomic E-state index is 11.1. The van der Waals surface area contributed by atoms with Crippen molar-refractivity contribution in [1.82, 2.24) is 0 Å². The topological polar surface area (TPSA) is 111 Å². The first-order valence-electron chi connectivity index (χ1n) is 5.52. The molecule has 0 aromatic rings. The van der Waals surface area contributed by atoms with Crippen molar-refractivity contribution < 1.29 is 23.8 Å². The van der Waals surface area contributed by atoms with E-state index < -0.39 is 35.6 Å². The molecule has 1 aliphatic heterocycles. The summed E-state index contributed by atoms with van der Waals surface area (Å²) >= 11 is 1.33. The number of carbonyl (C=O) groups excluding carboxylic acids is 2. The molecule has 106 valence electrons. The summed E-state index contributed by atoms with van der Waals surface area (Å²) < 4.78 is 15.4. The van der Waals surface area contributed by atoms with Gasteiger partial charge in [0.25, 0.3) is 0 Å². The van der Waals surface area contributed by atoms with Crippen molar-refractivity contribution in [3.05, 3.63) is 10.4 Å². The van der Waals surface area contributed by atoms with E-state index in [-0.39, 0.29) is 0 Å². The van der Waals surface area contributed by atoms with Gasteiger partial charge in [0, 0.05) is 31.6 Å². The molecule has 1 saturated heterocycles. The molecule has 8 nitrogen and oxygen atoms in total. The second-order valence-corrected chi connectivity index (χ2v) is 4.99. The molecule has 0 spiro atoms. The fourth-order valence-corrected chi connectivity index (χ4v) is 2.98. The summed E-state index contributed by atoms with van der Waals surface area (Å²) in [5.41, 5.74) is 8.14. The highest BCUT2D eigenvalue weighted by molar-refractivity contribution is 7.99. The molecule has 0 bridgehead atoms. The highest BCUT2D eigenvalue weighted by Gasteiger charge is 2.43. The molecule has 0 N–H and O–H groups in total. The van der Waals surface area contributed by atoms with Crippen LogP contribution >= 0.6 is 11.8 Å². The van der Waals surface area contributed by atoms with Gasteiger partial charge in [-0.3, -0.25) is 9.59 Å². The van der Waals surface area contributed by atoms with Crippen LogP contribution in [0.2, 0.25) is 0 Å². The van der Waals surface area contributed by atoms with Crippen LogP contribution in [0.3, 0.4) is 0 Å². The Balaban J connectivity index is 2.96. The summed E-state index contributed by atoms with van der Waals surface area (Å²) in [5, 5.41) is 3.58. The van der Waals surface area contributed by atoms with Crippen molar-refractivity contribution in [3.8, 4) is 0 Å². The quantitative estimate of drug-likeness (QED) is 0.333. The zero-order valence-corrected chi connectivity index (χ0v) is 11.6. The number of esters is 2. The van der Waals surface area contributed by atoms with E-state index in [0.29, 0.717) is 5.75 Å². The number of methoxy groups -OCH3 is 1.